The smallest absolute Gasteiger partial charge is 0.419 e. The molecule has 0 aliphatic carbocycles. The number of rotatable bonds is 2. The zero-order valence-corrected chi connectivity index (χ0v) is 13.0. The molecule has 1 unspecified atom stereocenters. The molecule has 22 heavy (non-hydrogen) atoms. The van der Waals surface area contributed by atoms with Crippen molar-refractivity contribution in [1.82, 2.24) is 14.5 Å². The molecule has 0 aromatic carbocycles. The van der Waals surface area contributed by atoms with Crippen LogP contribution in [0.15, 0.2) is 18.7 Å². The summed E-state index contributed by atoms with van der Waals surface area (Å²) in [6.07, 6.45) is 3.35. The maximum atomic E-state index is 12.2. The van der Waals surface area contributed by atoms with Crippen molar-refractivity contribution in [2.75, 3.05) is 26.4 Å². The van der Waals surface area contributed by atoms with E-state index in [0.717, 1.165) is 0 Å². The molecule has 1 aromatic heterocycles. The first-order valence-corrected chi connectivity index (χ1v) is 7.09. The average Bonchev–Trinajstić information content (AvgIpc) is 2.97. The minimum absolute atomic E-state index is 0.0380. The Morgan fingerprint density at radius 1 is 1.36 bits per heavy atom. The molecule has 1 saturated heterocycles. The Bertz CT molecular complexity index is 509. The van der Waals surface area contributed by atoms with Gasteiger partial charge >= 0.3 is 12.2 Å². The van der Waals surface area contributed by atoms with Gasteiger partial charge in [-0.05, 0) is 20.8 Å². The molecule has 122 valence electrons. The number of nitrogens with zero attached hydrogens (tertiary/aromatic N) is 3. The Hall–Kier alpha value is -2.09. The zero-order valence-electron chi connectivity index (χ0n) is 13.0. The van der Waals surface area contributed by atoms with Gasteiger partial charge < -0.3 is 14.2 Å². The number of ether oxygens (including phenoxy) is 3. The number of morpholine rings is 1. The highest BCUT2D eigenvalue weighted by Crippen LogP contribution is 2.15. The van der Waals surface area contributed by atoms with Crippen LogP contribution in [0.25, 0.3) is 0 Å². The summed E-state index contributed by atoms with van der Waals surface area (Å²) in [7, 11) is 0. The van der Waals surface area contributed by atoms with E-state index >= 15 is 0 Å². The minimum Gasteiger partial charge on any atom is -0.447 e. The maximum Gasteiger partial charge on any atom is 0.419 e. The van der Waals surface area contributed by atoms with Gasteiger partial charge in [-0.1, -0.05) is 0 Å². The number of aromatic nitrogens is 2. The van der Waals surface area contributed by atoms with Gasteiger partial charge in [0.1, 0.15) is 18.5 Å². The molecule has 1 aromatic rings. The van der Waals surface area contributed by atoms with Crippen molar-refractivity contribution in [1.29, 1.82) is 0 Å². The summed E-state index contributed by atoms with van der Waals surface area (Å²) in [5, 5.41) is 0. The standard InChI is InChI=1S/C14H21N3O5/c1-14(2,3)22-13(19)17-6-7-20-8-11(17)9-21-12(18)16-5-4-15-10-16/h4-5,10-11H,6-9H2,1-3H3. The number of amides is 1. The molecule has 8 nitrogen and oxygen atoms in total. The zero-order chi connectivity index (χ0) is 16.2. The van der Waals surface area contributed by atoms with Gasteiger partial charge in [0.05, 0.1) is 19.3 Å². The van der Waals surface area contributed by atoms with Crippen molar-refractivity contribution in [2.24, 2.45) is 0 Å². The lowest BCUT2D eigenvalue weighted by molar-refractivity contribution is -0.0460. The first kappa shape index (κ1) is 16.3. The molecular formula is C14H21N3O5. The molecule has 2 rings (SSSR count). The summed E-state index contributed by atoms with van der Waals surface area (Å²) in [6, 6.07) is -0.365. The fourth-order valence-corrected chi connectivity index (χ4v) is 1.96. The Morgan fingerprint density at radius 3 is 2.77 bits per heavy atom. The molecule has 2 heterocycles. The molecule has 0 spiro atoms. The molecule has 0 N–H and O–H groups in total. The van der Waals surface area contributed by atoms with E-state index < -0.39 is 17.8 Å². The van der Waals surface area contributed by atoms with Gasteiger partial charge in [-0.15, -0.1) is 0 Å². The first-order chi connectivity index (χ1) is 10.4. The third-order valence-electron chi connectivity index (χ3n) is 2.97. The summed E-state index contributed by atoms with van der Waals surface area (Å²) < 4.78 is 17.1. The summed E-state index contributed by atoms with van der Waals surface area (Å²) in [6.45, 7) is 6.60. The summed E-state index contributed by atoms with van der Waals surface area (Å²) >= 11 is 0. The van der Waals surface area contributed by atoms with Crippen molar-refractivity contribution < 1.29 is 23.8 Å². The van der Waals surface area contributed by atoms with E-state index in [9.17, 15) is 9.59 Å². The molecule has 1 aliphatic rings. The predicted molar refractivity (Wildman–Crippen MR) is 76.5 cm³/mol. The van der Waals surface area contributed by atoms with Crippen LogP contribution in [-0.4, -0.2) is 64.6 Å². The number of carbonyl (C=O) groups excluding carboxylic acids is 2. The lowest BCUT2D eigenvalue weighted by atomic mass is 10.2. The average molecular weight is 311 g/mol. The Morgan fingerprint density at radius 2 is 2.14 bits per heavy atom. The quantitative estimate of drug-likeness (QED) is 0.823. The number of hydrogen-bond acceptors (Lipinski definition) is 6. The summed E-state index contributed by atoms with van der Waals surface area (Å²) in [4.78, 5) is 29.3. The van der Waals surface area contributed by atoms with E-state index in [1.165, 1.54) is 28.2 Å². The van der Waals surface area contributed by atoms with Gasteiger partial charge in [0.25, 0.3) is 0 Å². The molecule has 0 radical (unpaired) electrons. The van der Waals surface area contributed by atoms with E-state index in [1.807, 2.05) is 0 Å². The Kier molecular flexibility index (Phi) is 5.02. The predicted octanol–water partition coefficient (Wildman–Crippen LogP) is 1.50. The maximum absolute atomic E-state index is 12.2. The van der Waals surface area contributed by atoms with Crippen LogP contribution in [0.1, 0.15) is 20.8 Å². The first-order valence-electron chi connectivity index (χ1n) is 7.09. The van der Waals surface area contributed by atoms with Crippen LogP contribution >= 0.6 is 0 Å². The van der Waals surface area contributed by atoms with Crippen LogP contribution in [0, 0.1) is 0 Å². The van der Waals surface area contributed by atoms with Crippen LogP contribution in [0.3, 0.4) is 0 Å². The summed E-state index contributed by atoms with van der Waals surface area (Å²) in [5.74, 6) is 0. The normalized spacial score (nSPS) is 18.9. The van der Waals surface area contributed by atoms with Crippen molar-refractivity contribution in [3.8, 4) is 0 Å². The highest BCUT2D eigenvalue weighted by molar-refractivity contribution is 5.70. The lowest BCUT2D eigenvalue weighted by Crippen LogP contribution is -2.52. The Labute approximate surface area is 129 Å². The second-order valence-corrected chi connectivity index (χ2v) is 5.95. The topological polar surface area (TPSA) is 82.9 Å². The molecule has 1 fully saturated rings. The highest BCUT2D eigenvalue weighted by atomic mass is 16.6. The molecule has 8 heteroatoms. The molecule has 1 atom stereocenters. The molecule has 1 aliphatic heterocycles. The Balaban J connectivity index is 1.92. The van der Waals surface area contributed by atoms with Crippen molar-refractivity contribution in [2.45, 2.75) is 32.4 Å². The fraction of sp³-hybridized carbons (Fsp3) is 0.643. The van der Waals surface area contributed by atoms with Gasteiger partial charge in [0.15, 0.2) is 0 Å². The van der Waals surface area contributed by atoms with Gasteiger partial charge in [0, 0.05) is 18.9 Å². The van der Waals surface area contributed by atoms with Gasteiger partial charge in [-0.2, -0.15) is 0 Å². The van der Waals surface area contributed by atoms with Crippen LogP contribution in [-0.2, 0) is 14.2 Å². The van der Waals surface area contributed by atoms with Gasteiger partial charge in [-0.3, -0.25) is 4.90 Å². The van der Waals surface area contributed by atoms with Crippen LogP contribution in [0.4, 0.5) is 9.59 Å². The van der Waals surface area contributed by atoms with E-state index in [-0.39, 0.29) is 12.6 Å². The summed E-state index contributed by atoms with van der Waals surface area (Å²) in [5.41, 5.74) is -0.576. The number of carbonyl (C=O) groups is 2. The number of imidazole rings is 1. The largest absolute Gasteiger partial charge is 0.447 e. The van der Waals surface area contributed by atoms with Gasteiger partial charge in [-0.25, -0.2) is 19.1 Å². The van der Waals surface area contributed by atoms with Crippen molar-refractivity contribution >= 4 is 12.2 Å². The van der Waals surface area contributed by atoms with Crippen molar-refractivity contribution in [3.63, 3.8) is 0 Å². The monoisotopic (exact) mass is 311 g/mol. The van der Waals surface area contributed by atoms with Crippen LogP contribution in [0.5, 0.6) is 0 Å². The van der Waals surface area contributed by atoms with Crippen molar-refractivity contribution in [3.05, 3.63) is 18.7 Å². The van der Waals surface area contributed by atoms with E-state index in [2.05, 4.69) is 4.98 Å². The number of hydrogen-bond donors (Lipinski definition) is 0. The molecule has 1 amide bonds. The second kappa shape index (κ2) is 6.78. The van der Waals surface area contributed by atoms with Gasteiger partial charge in [0.2, 0.25) is 0 Å². The van der Waals surface area contributed by atoms with E-state index in [4.69, 9.17) is 14.2 Å². The second-order valence-electron chi connectivity index (χ2n) is 5.95. The molecule has 0 saturated carbocycles. The van der Waals surface area contributed by atoms with E-state index in [0.29, 0.717) is 19.8 Å². The van der Waals surface area contributed by atoms with Crippen LogP contribution < -0.4 is 0 Å². The van der Waals surface area contributed by atoms with E-state index in [1.54, 1.807) is 20.8 Å². The minimum atomic E-state index is -0.576. The molecular weight excluding hydrogens is 290 g/mol. The SMILES string of the molecule is CC(C)(C)OC(=O)N1CCOCC1COC(=O)n1ccnc1. The third-order valence-corrected chi connectivity index (χ3v) is 2.97. The lowest BCUT2D eigenvalue weighted by Gasteiger charge is -2.36. The highest BCUT2D eigenvalue weighted by Gasteiger charge is 2.32. The fourth-order valence-electron chi connectivity index (χ4n) is 1.96. The molecule has 0 bridgehead atoms. The van der Waals surface area contributed by atoms with Crippen LogP contribution in [0.2, 0.25) is 0 Å². The third kappa shape index (κ3) is 4.45.